The molecule has 2 aromatic carbocycles. The number of rotatable bonds is 4. The molecule has 0 bridgehead atoms. The lowest BCUT2D eigenvalue weighted by Crippen LogP contribution is -2.45. The van der Waals surface area contributed by atoms with Crippen LogP contribution in [0.5, 0.6) is 5.75 Å². The van der Waals surface area contributed by atoms with Crippen LogP contribution in [0.3, 0.4) is 0 Å². The molecule has 0 saturated heterocycles. The molecule has 2 heterocycles. The van der Waals surface area contributed by atoms with Crippen molar-refractivity contribution in [3.63, 3.8) is 0 Å². The van der Waals surface area contributed by atoms with Crippen LogP contribution in [-0.4, -0.2) is 17.5 Å². The Bertz CT molecular complexity index is 988. The van der Waals surface area contributed by atoms with Crippen molar-refractivity contribution in [2.75, 3.05) is 10.6 Å². The number of hydrogen-bond acceptors (Lipinski definition) is 3. The fraction of sp³-hybridized carbons (Fsp3) is 0.391. The van der Waals surface area contributed by atoms with Crippen molar-refractivity contribution < 1.29 is 14.3 Å². The molecule has 4 rings (SSSR count). The monoisotopic (exact) mass is 427 g/mol. The Hall–Kier alpha value is -2.73. The average molecular weight is 428 g/mol. The maximum absolute atomic E-state index is 12.8. The standard InChI is InChI=1S/C23H26ClN3O3/c1-3-23(4-2)13-19(17-9-7-15(24)11-20(17)30-23)27-22(29)25-16-8-5-14-6-10-21(28)26-18(14)12-16/h5,7-9,11-12,19H,3-4,6,10,13H2,1-2H3,(H,26,28)(H2,25,27,29)/t19-/m1/s1. The summed E-state index contributed by atoms with van der Waals surface area (Å²) in [5, 5.41) is 9.45. The van der Waals surface area contributed by atoms with E-state index in [1.807, 2.05) is 30.3 Å². The van der Waals surface area contributed by atoms with Crippen LogP contribution in [0, 0.1) is 0 Å². The Labute approximate surface area is 181 Å². The molecule has 6 nitrogen and oxygen atoms in total. The number of benzene rings is 2. The molecular weight excluding hydrogens is 402 g/mol. The zero-order chi connectivity index (χ0) is 21.3. The molecule has 0 aliphatic carbocycles. The molecule has 0 fully saturated rings. The first kappa shape index (κ1) is 20.5. The van der Waals surface area contributed by atoms with Gasteiger partial charge in [0.25, 0.3) is 0 Å². The molecule has 0 radical (unpaired) electrons. The molecular formula is C23H26ClN3O3. The Balaban J connectivity index is 1.52. The Kier molecular flexibility index (Phi) is 5.60. The van der Waals surface area contributed by atoms with E-state index in [0.717, 1.165) is 35.4 Å². The van der Waals surface area contributed by atoms with E-state index in [4.69, 9.17) is 16.3 Å². The Morgan fingerprint density at radius 1 is 1.20 bits per heavy atom. The number of hydrogen-bond donors (Lipinski definition) is 3. The van der Waals surface area contributed by atoms with Crippen molar-refractivity contribution in [2.24, 2.45) is 0 Å². The van der Waals surface area contributed by atoms with Gasteiger partial charge < -0.3 is 20.7 Å². The third kappa shape index (κ3) is 4.10. The van der Waals surface area contributed by atoms with Gasteiger partial charge in [0.1, 0.15) is 11.4 Å². The second-order valence-corrected chi connectivity index (χ2v) is 8.39. The number of urea groups is 1. The smallest absolute Gasteiger partial charge is 0.319 e. The molecule has 0 spiro atoms. The van der Waals surface area contributed by atoms with Crippen LogP contribution in [0.25, 0.3) is 0 Å². The number of nitrogens with one attached hydrogen (secondary N) is 3. The van der Waals surface area contributed by atoms with E-state index in [0.29, 0.717) is 30.0 Å². The van der Waals surface area contributed by atoms with Gasteiger partial charge in [-0.3, -0.25) is 4.79 Å². The molecule has 2 aromatic rings. The zero-order valence-corrected chi connectivity index (χ0v) is 17.9. The van der Waals surface area contributed by atoms with Crippen LogP contribution >= 0.6 is 11.6 Å². The molecule has 7 heteroatoms. The van der Waals surface area contributed by atoms with E-state index in [1.165, 1.54) is 0 Å². The fourth-order valence-corrected chi connectivity index (χ4v) is 4.39. The van der Waals surface area contributed by atoms with E-state index < -0.39 is 0 Å². The van der Waals surface area contributed by atoms with Crippen LogP contribution in [0.1, 0.15) is 56.7 Å². The molecule has 2 aliphatic heterocycles. The van der Waals surface area contributed by atoms with Gasteiger partial charge in [0.2, 0.25) is 5.91 Å². The number of aryl methyl sites for hydroxylation is 1. The molecule has 1 atom stereocenters. The molecule has 3 amide bonds. The van der Waals surface area contributed by atoms with E-state index in [9.17, 15) is 9.59 Å². The van der Waals surface area contributed by atoms with Crippen LogP contribution in [0.15, 0.2) is 36.4 Å². The SMILES string of the molecule is CCC1(CC)C[C@@H](NC(=O)Nc2ccc3c(c2)NC(=O)CC3)c2ccc(Cl)cc2O1. The number of fused-ring (bicyclic) bond motifs is 2. The third-order valence-corrected chi connectivity index (χ3v) is 6.35. The minimum absolute atomic E-state index is 0.00274. The van der Waals surface area contributed by atoms with Crippen molar-refractivity contribution in [1.29, 1.82) is 0 Å². The number of carbonyl (C=O) groups is 2. The van der Waals surface area contributed by atoms with E-state index in [1.54, 1.807) is 6.07 Å². The quantitative estimate of drug-likeness (QED) is 0.608. The van der Waals surface area contributed by atoms with Crippen LogP contribution < -0.4 is 20.7 Å². The summed E-state index contributed by atoms with van der Waals surface area (Å²) in [6, 6.07) is 10.6. The summed E-state index contributed by atoms with van der Waals surface area (Å²) >= 11 is 6.18. The second kappa shape index (κ2) is 8.19. The van der Waals surface area contributed by atoms with Crippen molar-refractivity contribution in [1.82, 2.24) is 5.32 Å². The highest BCUT2D eigenvalue weighted by molar-refractivity contribution is 6.30. The normalized spacial score (nSPS) is 19.0. The summed E-state index contributed by atoms with van der Waals surface area (Å²) in [7, 11) is 0. The predicted molar refractivity (Wildman–Crippen MR) is 118 cm³/mol. The van der Waals surface area contributed by atoms with Crippen molar-refractivity contribution in [2.45, 2.75) is 57.6 Å². The molecule has 0 unspecified atom stereocenters. The molecule has 0 aromatic heterocycles. The highest BCUT2D eigenvalue weighted by Gasteiger charge is 2.39. The zero-order valence-electron chi connectivity index (χ0n) is 17.2. The van der Waals surface area contributed by atoms with Gasteiger partial charge in [-0.05, 0) is 49.1 Å². The lowest BCUT2D eigenvalue weighted by Gasteiger charge is -2.41. The number of halogens is 1. The van der Waals surface area contributed by atoms with E-state index >= 15 is 0 Å². The van der Waals surface area contributed by atoms with Gasteiger partial charge in [-0.25, -0.2) is 4.79 Å². The Morgan fingerprint density at radius 2 is 2.00 bits per heavy atom. The van der Waals surface area contributed by atoms with Crippen molar-refractivity contribution in [3.05, 3.63) is 52.5 Å². The maximum Gasteiger partial charge on any atom is 0.319 e. The summed E-state index contributed by atoms with van der Waals surface area (Å²) in [6.45, 7) is 4.19. The number of anilines is 2. The topological polar surface area (TPSA) is 79.5 Å². The summed E-state index contributed by atoms with van der Waals surface area (Å²) in [6.07, 6.45) is 3.55. The van der Waals surface area contributed by atoms with Crippen molar-refractivity contribution >= 4 is 34.9 Å². The molecule has 0 saturated carbocycles. The van der Waals surface area contributed by atoms with Gasteiger partial charge in [-0.2, -0.15) is 0 Å². The van der Waals surface area contributed by atoms with Gasteiger partial charge in [0.15, 0.2) is 0 Å². The molecule has 30 heavy (non-hydrogen) atoms. The molecule has 2 aliphatic rings. The highest BCUT2D eigenvalue weighted by Crippen LogP contribution is 2.43. The lowest BCUT2D eigenvalue weighted by molar-refractivity contribution is -0.116. The van der Waals surface area contributed by atoms with E-state index in [2.05, 4.69) is 29.8 Å². The number of ether oxygens (including phenoxy) is 1. The highest BCUT2D eigenvalue weighted by atomic mass is 35.5. The average Bonchev–Trinajstić information content (AvgIpc) is 2.72. The second-order valence-electron chi connectivity index (χ2n) is 7.95. The first-order valence-electron chi connectivity index (χ1n) is 10.4. The predicted octanol–water partition coefficient (Wildman–Crippen LogP) is 5.43. The fourth-order valence-electron chi connectivity index (χ4n) is 4.23. The van der Waals surface area contributed by atoms with E-state index in [-0.39, 0.29) is 23.6 Å². The minimum Gasteiger partial charge on any atom is -0.487 e. The van der Waals surface area contributed by atoms with Gasteiger partial charge in [0, 0.05) is 34.8 Å². The molecule has 3 N–H and O–H groups in total. The van der Waals surface area contributed by atoms with Crippen LogP contribution in [0.2, 0.25) is 5.02 Å². The lowest BCUT2D eigenvalue weighted by atomic mass is 9.83. The van der Waals surface area contributed by atoms with Gasteiger partial charge in [0.05, 0.1) is 6.04 Å². The number of amides is 3. The largest absolute Gasteiger partial charge is 0.487 e. The van der Waals surface area contributed by atoms with Gasteiger partial charge in [-0.1, -0.05) is 37.6 Å². The van der Waals surface area contributed by atoms with Crippen molar-refractivity contribution in [3.8, 4) is 5.75 Å². The van der Waals surface area contributed by atoms with Crippen LogP contribution in [0.4, 0.5) is 16.2 Å². The number of carbonyl (C=O) groups excluding carboxylic acids is 2. The first-order valence-corrected chi connectivity index (χ1v) is 10.8. The van der Waals surface area contributed by atoms with Gasteiger partial charge in [-0.15, -0.1) is 0 Å². The summed E-state index contributed by atoms with van der Waals surface area (Å²) < 4.78 is 6.30. The minimum atomic E-state index is -0.342. The first-order chi connectivity index (χ1) is 14.4. The Morgan fingerprint density at radius 3 is 2.77 bits per heavy atom. The summed E-state index contributed by atoms with van der Waals surface area (Å²) in [5.41, 5.74) is 3.04. The summed E-state index contributed by atoms with van der Waals surface area (Å²) in [5.74, 6) is 0.719. The summed E-state index contributed by atoms with van der Waals surface area (Å²) in [4.78, 5) is 24.4. The van der Waals surface area contributed by atoms with Crippen LogP contribution in [-0.2, 0) is 11.2 Å². The maximum atomic E-state index is 12.8. The molecule has 158 valence electrons. The van der Waals surface area contributed by atoms with Gasteiger partial charge >= 0.3 is 6.03 Å². The third-order valence-electron chi connectivity index (χ3n) is 6.11.